The number of aliphatic hydroxyl groups is 1. The fourth-order valence-corrected chi connectivity index (χ4v) is 7.34. The molecule has 7 rings (SSSR count). The molecule has 0 saturated carbocycles. The van der Waals surface area contributed by atoms with Crippen molar-refractivity contribution in [3.8, 4) is 29.6 Å². The lowest BCUT2D eigenvalue weighted by atomic mass is 9.93. The van der Waals surface area contributed by atoms with Crippen molar-refractivity contribution in [1.82, 2.24) is 19.9 Å². The highest BCUT2D eigenvalue weighted by Crippen LogP contribution is 2.41. The number of alkyl halides is 2. The van der Waals surface area contributed by atoms with Gasteiger partial charge in [-0.3, -0.25) is 9.88 Å². The quantitative estimate of drug-likeness (QED) is 0.243. The van der Waals surface area contributed by atoms with Crippen LogP contribution in [0.15, 0.2) is 36.5 Å². The maximum atomic E-state index is 16.6. The summed E-state index contributed by atoms with van der Waals surface area (Å²) >= 11 is 0. The molecule has 3 aliphatic heterocycles. The third-order valence-corrected chi connectivity index (χ3v) is 9.18. The number of nitrogens with zero attached hydrogens (tertiary/aromatic N) is 5. The molecule has 1 N–H and O–H groups in total. The van der Waals surface area contributed by atoms with E-state index in [2.05, 4.69) is 25.8 Å². The Morgan fingerprint density at radius 2 is 1.93 bits per heavy atom. The molecular formula is C33H31F4N5O2. The van der Waals surface area contributed by atoms with E-state index in [1.54, 1.807) is 29.2 Å². The number of ether oxygens (including phenoxy) is 1. The molecule has 3 aliphatic rings. The highest BCUT2D eigenvalue weighted by Gasteiger charge is 2.49. The number of benzene rings is 2. The second-order valence-corrected chi connectivity index (χ2v) is 12.5. The Bertz CT molecular complexity index is 1830. The van der Waals surface area contributed by atoms with Crippen LogP contribution in [0.1, 0.15) is 38.2 Å². The molecule has 11 heteroatoms. The summed E-state index contributed by atoms with van der Waals surface area (Å²) in [7, 11) is 0. The lowest BCUT2D eigenvalue weighted by Crippen LogP contribution is -2.51. The summed E-state index contributed by atoms with van der Waals surface area (Å²) in [4.78, 5) is 17.1. The molecule has 4 aromatic rings. The number of hydrogen-bond acceptors (Lipinski definition) is 7. The number of β-amino-alcohol motifs (C(OH)–C–C–N with tert-alkyl or cyclic N) is 1. The van der Waals surface area contributed by atoms with Gasteiger partial charge in [0, 0.05) is 43.1 Å². The van der Waals surface area contributed by atoms with Gasteiger partial charge in [0.05, 0.1) is 28.6 Å². The molecule has 3 fully saturated rings. The minimum atomic E-state index is -1.36. The van der Waals surface area contributed by atoms with E-state index < -0.39 is 35.1 Å². The van der Waals surface area contributed by atoms with Crippen molar-refractivity contribution in [2.24, 2.45) is 0 Å². The summed E-state index contributed by atoms with van der Waals surface area (Å²) in [5, 5.41) is 11.9. The number of hydrogen-bond donors (Lipinski definition) is 1. The molecule has 5 heterocycles. The van der Waals surface area contributed by atoms with Gasteiger partial charge >= 0.3 is 6.01 Å². The third-order valence-electron chi connectivity index (χ3n) is 9.18. The maximum absolute atomic E-state index is 16.6. The maximum Gasteiger partial charge on any atom is 0.319 e. The van der Waals surface area contributed by atoms with E-state index in [1.165, 1.54) is 19.2 Å². The number of rotatable bonds is 5. The van der Waals surface area contributed by atoms with Crippen LogP contribution < -0.4 is 9.64 Å². The molecule has 7 nitrogen and oxygen atoms in total. The van der Waals surface area contributed by atoms with Gasteiger partial charge < -0.3 is 14.7 Å². The fraction of sp³-hybridized carbons (Fsp3) is 0.424. The molecule has 0 aliphatic carbocycles. The first kappa shape index (κ1) is 28.7. The largest absolute Gasteiger partial charge is 0.461 e. The molecule has 0 unspecified atom stereocenters. The molecule has 0 radical (unpaired) electrons. The summed E-state index contributed by atoms with van der Waals surface area (Å²) in [6.07, 6.45) is 6.66. The molecule has 0 amide bonds. The lowest BCUT2D eigenvalue weighted by molar-refractivity contribution is 0.0164. The van der Waals surface area contributed by atoms with Crippen LogP contribution in [0.4, 0.5) is 23.4 Å². The fourth-order valence-electron chi connectivity index (χ4n) is 7.34. The van der Waals surface area contributed by atoms with E-state index in [1.807, 2.05) is 0 Å². The zero-order valence-electron chi connectivity index (χ0n) is 24.2. The summed E-state index contributed by atoms with van der Waals surface area (Å²) in [6.45, 7) is 2.70. The van der Waals surface area contributed by atoms with E-state index in [0.717, 1.165) is 19.4 Å². The van der Waals surface area contributed by atoms with E-state index in [4.69, 9.17) is 11.2 Å². The topological polar surface area (TPSA) is 74.6 Å². The van der Waals surface area contributed by atoms with Crippen molar-refractivity contribution in [1.29, 1.82) is 0 Å². The average molecular weight is 606 g/mol. The van der Waals surface area contributed by atoms with E-state index in [9.17, 15) is 18.3 Å². The Balaban J connectivity index is 1.38. The predicted molar refractivity (Wildman–Crippen MR) is 159 cm³/mol. The summed E-state index contributed by atoms with van der Waals surface area (Å²) < 4.78 is 66.7. The van der Waals surface area contributed by atoms with Crippen molar-refractivity contribution in [3.63, 3.8) is 0 Å². The minimum Gasteiger partial charge on any atom is -0.461 e. The number of piperidine rings is 1. The minimum absolute atomic E-state index is 0.0144. The number of pyridine rings is 1. The van der Waals surface area contributed by atoms with Crippen LogP contribution in [0.2, 0.25) is 0 Å². The van der Waals surface area contributed by atoms with Crippen molar-refractivity contribution < 1.29 is 27.4 Å². The van der Waals surface area contributed by atoms with Gasteiger partial charge in [0.1, 0.15) is 41.8 Å². The molecule has 228 valence electrons. The first-order valence-electron chi connectivity index (χ1n) is 14.8. The number of halogens is 4. The number of anilines is 1. The lowest BCUT2D eigenvalue weighted by Gasteiger charge is -2.39. The van der Waals surface area contributed by atoms with Crippen LogP contribution >= 0.6 is 0 Å². The van der Waals surface area contributed by atoms with Gasteiger partial charge in [0.25, 0.3) is 0 Å². The van der Waals surface area contributed by atoms with Gasteiger partial charge in [0.15, 0.2) is 5.82 Å². The van der Waals surface area contributed by atoms with E-state index in [0.29, 0.717) is 23.7 Å². The first-order valence-corrected chi connectivity index (χ1v) is 14.8. The summed E-state index contributed by atoms with van der Waals surface area (Å²) in [5.74, 6) is 1.10. The van der Waals surface area contributed by atoms with Crippen molar-refractivity contribution in [2.45, 2.75) is 56.1 Å². The van der Waals surface area contributed by atoms with Gasteiger partial charge in [-0.25, -0.2) is 17.6 Å². The Kier molecular flexibility index (Phi) is 6.90. The number of fused-ring (bicyclic) bond motifs is 3. The molecule has 0 spiro atoms. The van der Waals surface area contributed by atoms with Gasteiger partial charge in [-0.1, -0.05) is 30.2 Å². The monoisotopic (exact) mass is 605 g/mol. The second kappa shape index (κ2) is 10.6. The highest BCUT2D eigenvalue weighted by molar-refractivity contribution is 6.02. The van der Waals surface area contributed by atoms with Crippen molar-refractivity contribution >= 4 is 27.5 Å². The zero-order valence-corrected chi connectivity index (χ0v) is 24.2. The zero-order chi connectivity index (χ0) is 30.8. The standard InChI is InChI=1S/C33H31F4N5O2/c1-3-22-25(36)9-8-19-6-4-7-23(26(19)22)28-27(37)29-24(14-38-28)30(41-15-20(34)12-32(2,43)17-41)40-31(39-29)44-18-33-10-5-11-42(33)16-21(35)13-33/h1,4,6-9,14,20-21,43H,5,10-13,15-18H2,2H3/t20-,21+,32+,33-/m0/s1. The number of aromatic nitrogens is 3. The van der Waals surface area contributed by atoms with Crippen LogP contribution in [0.25, 0.3) is 32.9 Å². The Labute approximate surface area is 251 Å². The molecule has 2 aromatic carbocycles. The summed E-state index contributed by atoms with van der Waals surface area (Å²) in [6, 6.07) is 7.73. The van der Waals surface area contributed by atoms with Gasteiger partial charge in [0.2, 0.25) is 0 Å². The van der Waals surface area contributed by atoms with Crippen molar-refractivity contribution in [2.75, 3.05) is 37.7 Å². The van der Waals surface area contributed by atoms with Gasteiger partial charge in [-0.15, -0.1) is 6.42 Å². The van der Waals surface area contributed by atoms with Gasteiger partial charge in [-0.2, -0.15) is 9.97 Å². The summed E-state index contributed by atoms with van der Waals surface area (Å²) in [5.41, 5.74) is -1.84. The third kappa shape index (κ3) is 4.81. The highest BCUT2D eigenvalue weighted by atomic mass is 19.1. The molecule has 2 aromatic heterocycles. The second-order valence-electron chi connectivity index (χ2n) is 12.5. The van der Waals surface area contributed by atoms with Gasteiger partial charge in [-0.05, 0) is 37.8 Å². The van der Waals surface area contributed by atoms with Crippen LogP contribution in [0.5, 0.6) is 6.01 Å². The van der Waals surface area contributed by atoms with E-state index >= 15 is 4.39 Å². The Hall–Kier alpha value is -4.01. The Morgan fingerprint density at radius 1 is 1.11 bits per heavy atom. The smallest absolute Gasteiger partial charge is 0.319 e. The SMILES string of the molecule is C#Cc1c(F)ccc2cccc(-c3ncc4c(N5C[C@@H](F)C[C@@](C)(O)C5)nc(OC[C@@]56CCCN5C[C@H](F)C6)nc4c3F)c12. The first-order chi connectivity index (χ1) is 21.1. The van der Waals surface area contributed by atoms with Crippen LogP contribution in [-0.4, -0.2) is 81.2 Å². The molecular weight excluding hydrogens is 574 g/mol. The predicted octanol–water partition coefficient (Wildman–Crippen LogP) is 5.36. The van der Waals surface area contributed by atoms with Crippen LogP contribution in [0, 0.1) is 24.0 Å². The normalized spacial score (nSPS) is 27.2. The molecule has 0 bridgehead atoms. The Morgan fingerprint density at radius 3 is 2.73 bits per heavy atom. The molecule has 44 heavy (non-hydrogen) atoms. The number of terminal acetylenes is 1. The molecule has 3 saturated heterocycles. The van der Waals surface area contributed by atoms with Crippen LogP contribution in [0.3, 0.4) is 0 Å². The van der Waals surface area contributed by atoms with Crippen molar-refractivity contribution in [3.05, 3.63) is 53.7 Å². The average Bonchev–Trinajstić information content (AvgIpc) is 3.50. The van der Waals surface area contributed by atoms with E-state index in [-0.39, 0.29) is 65.7 Å². The molecule has 4 atom stereocenters. The van der Waals surface area contributed by atoms with Crippen LogP contribution in [-0.2, 0) is 0 Å².